The highest BCUT2D eigenvalue weighted by atomic mass is 16.5. The first-order valence-electron chi connectivity index (χ1n) is 11.4. The number of carbonyl (C=O) groups excluding carboxylic acids is 3. The average molecular weight is 492 g/mol. The molecule has 0 saturated carbocycles. The molecule has 1 aromatic rings. The van der Waals surface area contributed by atoms with E-state index in [4.69, 9.17) is 14.2 Å². The van der Waals surface area contributed by atoms with Crippen LogP contribution < -0.4 is 9.80 Å². The summed E-state index contributed by atoms with van der Waals surface area (Å²) in [4.78, 5) is 55.0. The van der Waals surface area contributed by atoms with Crippen molar-refractivity contribution in [3.8, 4) is 0 Å². The normalized spacial score (nSPS) is 22.8. The minimum absolute atomic E-state index is 0.00546. The number of anilines is 2. The second-order valence-corrected chi connectivity index (χ2v) is 9.65. The van der Waals surface area contributed by atoms with Gasteiger partial charge < -0.3 is 24.2 Å². The molecule has 35 heavy (non-hydrogen) atoms. The summed E-state index contributed by atoms with van der Waals surface area (Å²) in [6.45, 7) is 5.82. The maximum atomic E-state index is 14.3. The van der Waals surface area contributed by atoms with Crippen LogP contribution in [-0.4, -0.2) is 92.6 Å². The molecule has 0 radical (unpaired) electrons. The number of carboxylic acid groups (broad SMARTS) is 1. The highest BCUT2D eigenvalue weighted by molar-refractivity contribution is 6.05. The van der Waals surface area contributed by atoms with E-state index in [-0.39, 0.29) is 25.5 Å². The number of likely N-dealkylation sites (tertiary alicyclic amines) is 1. The van der Waals surface area contributed by atoms with E-state index in [9.17, 15) is 24.3 Å². The van der Waals surface area contributed by atoms with Gasteiger partial charge in [-0.15, -0.1) is 0 Å². The van der Waals surface area contributed by atoms with Crippen molar-refractivity contribution in [1.29, 1.82) is 0 Å². The zero-order valence-corrected chi connectivity index (χ0v) is 20.8. The van der Waals surface area contributed by atoms with E-state index in [1.54, 1.807) is 49.9 Å². The Bertz CT molecular complexity index is 974. The molecule has 2 heterocycles. The molecule has 2 atom stereocenters. The third-order valence-corrected chi connectivity index (χ3v) is 6.75. The van der Waals surface area contributed by atoms with Gasteiger partial charge in [-0.2, -0.15) is 0 Å². The monoisotopic (exact) mass is 491 g/mol. The molecule has 11 nitrogen and oxygen atoms in total. The number of carbonyl (C=O) groups is 4. The van der Waals surface area contributed by atoms with Crippen LogP contribution in [0, 0.1) is 5.41 Å². The molecule has 0 aliphatic carbocycles. The summed E-state index contributed by atoms with van der Waals surface area (Å²) in [5.74, 6) is -1.38. The first kappa shape index (κ1) is 26.4. The lowest BCUT2D eigenvalue weighted by atomic mass is 9.70. The first-order valence-corrected chi connectivity index (χ1v) is 11.4. The molecule has 11 heteroatoms. The smallest absolute Gasteiger partial charge is 0.408 e. The summed E-state index contributed by atoms with van der Waals surface area (Å²) in [5, 5.41) is 10.0. The largest absolute Gasteiger partial charge is 0.468 e. The topological polar surface area (TPSA) is 126 Å². The number of ether oxygens (including phenoxy) is 3. The molecule has 2 aliphatic rings. The quantitative estimate of drug-likeness (QED) is 0.597. The van der Waals surface area contributed by atoms with Crippen molar-refractivity contribution in [3.05, 3.63) is 24.3 Å². The molecule has 2 fully saturated rings. The molecule has 0 aromatic heterocycles. The van der Waals surface area contributed by atoms with Gasteiger partial charge >= 0.3 is 12.1 Å². The van der Waals surface area contributed by atoms with Crippen molar-refractivity contribution in [2.24, 2.45) is 5.41 Å². The standard InChI is InChI=1S/C24H33N3O8/c1-23(2,3)24(12-18(33-4)13-27(24)22(31)32)21(30)26(14-20(29)34-5)17-8-6-16(7-9-17)25-10-11-35-15-19(25)28/h6-9,18H,10-15H2,1-5H3,(H,31,32)/t18-,24+/m1/s1. The van der Waals surface area contributed by atoms with Crippen LogP contribution in [0.4, 0.5) is 16.2 Å². The van der Waals surface area contributed by atoms with Gasteiger partial charge in [0.1, 0.15) is 18.7 Å². The average Bonchev–Trinajstić information content (AvgIpc) is 3.24. The van der Waals surface area contributed by atoms with Gasteiger partial charge in [0.15, 0.2) is 0 Å². The lowest BCUT2D eigenvalue weighted by Gasteiger charge is -2.47. The minimum atomic E-state index is -1.49. The van der Waals surface area contributed by atoms with E-state index < -0.39 is 41.6 Å². The number of esters is 1. The van der Waals surface area contributed by atoms with Gasteiger partial charge in [0.2, 0.25) is 0 Å². The van der Waals surface area contributed by atoms with Gasteiger partial charge in [-0.3, -0.25) is 24.2 Å². The van der Waals surface area contributed by atoms with Crippen LogP contribution in [0.25, 0.3) is 0 Å². The molecule has 2 saturated heterocycles. The Labute approximate surface area is 204 Å². The van der Waals surface area contributed by atoms with E-state index in [1.807, 2.05) is 0 Å². The van der Waals surface area contributed by atoms with E-state index >= 15 is 0 Å². The number of hydrogen-bond donors (Lipinski definition) is 1. The highest BCUT2D eigenvalue weighted by Crippen LogP contribution is 2.46. The predicted molar refractivity (Wildman–Crippen MR) is 126 cm³/mol. The molecule has 1 N–H and O–H groups in total. The molecule has 0 spiro atoms. The minimum Gasteiger partial charge on any atom is -0.468 e. The van der Waals surface area contributed by atoms with Crippen molar-refractivity contribution in [2.75, 3.05) is 56.9 Å². The zero-order valence-electron chi connectivity index (χ0n) is 20.8. The fourth-order valence-corrected chi connectivity index (χ4v) is 4.80. The Balaban J connectivity index is 2.05. The van der Waals surface area contributed by atoms with Gasteiger partial charge in [0, 0.05) is 31.5 Å². The van der Waals surface area contributed by atoms with Crippen LogP contribution in [0.3, 0.4) is 0 Å². The van der Waals surface area contributed by atoms with Crippen molar-refractivity contribution in [3.63, 3.8) is 0 Å². The van der Waals surface area contributed by atoms with Gasteiger partial charge in [0.05, 0.1) is 26.4 Å². The van der Waals surface area contributed by atoms with E-state index in [0.717, 1.165) is 4.90 Å². The lowest BCUT2D eigenvalue weighted by Crippen LogP contribution is -2.65. The SMILES string of the molecule is COC(=O)CN(C(=O)[C@]1(C(C)(C)C)C[C@@H](OC)CN1C(=O)O)c1ccc(N2CCOCC2=O)cc1. The maximum absolute atomic E-state index is 14.3. The molecule has 0 unspecified atom stereocenters. The van der Waals surface area contributed by atoms with E-state index in [1.165, 1.54) is 19.1 Å². The third-order valence-electron chi connectivity index (χ3n) is 6.75. The second-order valence-electron chi connectivity index (χ2n) is 9.65. The molecule has 0 bridgehead atoms. The predicted octanol–water partition coefficient (Wildman–Crippen LogP) is 1.74. The summed E-state index contributed by atoms with van der Waals surface area (Å²) < 4.78 is 15.5. The summed E-state index contributed by atoms with van der Waals surface area (Å²) in [6.07, 6.45) is -1.59. The number of hydrogen-bond acceptors (Lipinski definition) is 7. The lowest BCUT2D eigenvalue weighted by molar-refractivity contribution is -0.142. The maximum Gasteiger partial charge on any atom is 0.408 e. The Hall–Kier alpha value is -3.18. The number of nitrogens with zero attached hydrogens (tertiary/aromatic N) is 3. The van der Waals surface area contributed by atoms with Crippen molar-refractivity contribution in [1.82, 2.24) is 4.90 Å². The Morgan fingerprint density at radius 2 is 1.86 bits per heavy atom. The number of amides is 3. The van der Waals surface area contributed by atoms with Crippen molar-refractivity contribution >= 4 is 35.3 Å². The van der Waals surface area contributed by atoms with Crippen LogP contribution in [0.15, 0.2) is 24.3 Å². The Morgan fingerprint density at radius 1 is 1.20 bits per heavy atom. The van der Waals surface area contributed by atoms with Crippen LogP contribution in [0.2, 0.25) is 0 Å². The molecule has 2 aliphatic heterocycles. The fraction of sp³-hybridized carbons (Fsp3) is 0.583. The summed E-state index contributed by atoms with van der Waals surface area (Å²) >= 11 is 0. The molecule has 3 amide bonds. The molecule has 192 valence electrons. The van der Waals surface area contributed by atoms with Gasteiger partial charge in [-0.25, -0.2) is 4.79 Å². The number of morpholine rings is 1. The van der Waals surface area contributed by atoms with Crippen LogP contribution in [0.5, 0.6) is 0 Å². The molecule has 1 aromatic carbocycles. The van der Waals surface area contributed by atoms with Crippen LogP contribution in [0.1, 0.15) is 27.2 Å². The fourth-order valence-electron chi connectivity index (χ4n) is 4.80. The van der Waals surface area contributed by atoms with Crippen molar-refractivity contribution in [2.45, 2.75) is 38.8 Å². The Kier molecular flexibility index (Phi) is 7.71. The third kappa shape index (κ3) is 4.96. The molecular formula is C24H33N3O8. The van der Waals surface area contributed by atoms with Gasteiger partial charge in [-0.1, -0.05) is 20.8 Å². The van der Waals surface area contributed by atoms with Gasteiger partial charge in [0.25, 0.3) is 11.8 Å². The number of benzene rings is 1. The zero-order chi connectivity index (χ0) is 26.0. The van der Waals surface area contributed by atoms with Crippen LogP contribution >= 0.6 is 0 Å². The summed E-state index contributed by atoms with van der Waals surface area (Å²) in [6, 6.07) is 6.62. The number of rotatable bonds is 6. The molecule has 3 rings (SSSR count). The van der Waals surface area contributed by atoms with Gasteiger partial charge in [-0.05, 0) is 29.7 Å². The second kappa shape index (κ2) is 10.2. The summed E-state index contributed by atoms with van der Waals surface area (Å²) in [7, 11) is 2.70. The number of methoxy groups -OCH3 is 2. The van der Waals surface area contributed by atoms with Crippen molar-refractivity contribution < 1.29 is 38.5 Å². The van der Waals surface area contributed by atoms with E-state index in [2.05, 4.69) is 0 Å². The van der Waals surface area contributed by atoms with Crippen LogP contribution in [-0.2, 0) is 28.6 Å². The highest BCUT2D eigenvalue weighted by Gasteiger charge is 2.61. The first-order chi connectivity index (χ1) is 16.5. The Morgan fingerprint density at radius 3 is 2.37 bits per heavy atom. The summed E-state index contributed by atoms with van der Waals surface area (Å²) in [5.41, 5.74) is -1.32. The van der Waals surface area contributed by atoms with E-state index in [0.29, 0.717) is 24.5 Å². The molecular weight excluding hydrogens is 458 g/mol.